The monoisotopic (exact) mass is 320 g/mol. The third kappa shape index (κ3) is 2.94. The maximum atomic E-state index is 13.7. The Balaban J connectivity index is 1.52. The Morgan fingerprint density at radius 2 is 2.32 bits per heavy atom. The summed E-state index contributed by atoms with van der Waals surface area (Å²) in [7, 11) is 0. The lowest BCUT2D eigenvalue weighted by Crippen LogP contribution is -2.29. The SMILES string of the molecule is Cc1n[nH]c(=S)n1CCNC(=O)[C@@H]1C[C@H]1c1ccccc1F. The molecule has 0 radical (unpaired) electrons. The second kappa shape index (κ2) is 6.00. The van der Waals surface area contributed by atoms with E-state index in [0.29, 0.717) is 29.8 Å². The van der Waals surface area contributed by atoms with E-state index < -0.39 is 0 Å². The Morgan fingerprint density at radius 3 is 3.00 bits per heavy atom. The van der Waals surface area contributed by atoms with Crippen molar-refractivity contribution in [2.45, 2.75) is 25.8 Å². The van der Waals surface area contributed by atoms with Gasteiger partial charge in [-0.05, 0) is 43.1 Å². The number of aromatic nitrogens is 3. The van der Waals surface area contributed by atoms with Crippen molar-refractivity contribution in [3.63, 3.8) is 0 Å². The second-order valence-corrected chi connectivity index (χ2v) is 5.88. The van der Waals surface area contributed by atoms with Gasteiger partial charge in [-0.15, -0.1) is 0 Å². The molecule has 1 aliphatic rings. The first-order chi connectivity index (χ1) is 10.6. The van der Waals surface area contributed by atoms with Gasteiger partial charge in [0.25, 0.3) is 0 Å². The fourth-order valence-corrected chi connectivity index (χ4v) is 2.96. The number of carbonyl (C=O) groups excluding carboxylic acids is 1. The minimum absolute atomic E-state index is 0.000900. The molecule has 5 nitrogen and oxygen atoms in total. The largest absolute Gasteiger partial charge is 0.354 e. The second-order valence-electron chi connectivity index (χ2n) is 5.49. The predicted molar refractivity (Wildman–Crippen MR) is 82.4 cm³/mol. The van der Waals surface area contributed by atoms with Crippen LogP contribution in [0.5, 0.6) is 0 Å². The van der Waals surface area contributed by atoms with Crippen molar-refractivity contribution in [1.29, 1.82) is 0 Å². The molecule has 22 heavy (non-hydrogen) atoms. The molecule has 0 saturated heterocycles. The van der Waals surface area contributed by atoms with E-state index in [-0.39, 0.29) is 23.6 Å². The van der Waals surface area contributed by atoms with Gasteiger partial charge in [-0.3, -0.25) is 9.89 Å². The van der Waals surface area contributed by atoms with Gasteiger partial charge in [0.15, 0.2) is 4.77 Å². The van der Waals surface area contributed by atoms with Gasteiger partial charge < -0.3 is 9.88 Å². The first-order valence-electron chi connectivity index (χ1n) is 7.22. The summed E-state index contributed by atoms with van der Waals surface area (Å²) in [6, 6.07) is 6.65. The molecule has 116 valence electrons. The molecule has 2 aromatic rings. The number of benzene rings is 1. The Morgan fingerprint density at radius 1 is 1.55 bits per heavy atom. The van der Waals surface area contributed by atoms with E-state index in [9.17, 15) is 9.18 Å². The maximum Gasteiger partial charge on any atom is 0.223 e. The number of aryl methyl sites for hydroxylation is 1. The van der Waals surface area contributed by atoms with Gasteiger partial charge in [0, 0.05) is 19.0 Å². The van der Waals surface area contributed by atoms with E-state index in [0.717, 1.165) is 5.82 Å². The summed E-state index contributed by atoms with van der Waals surface area (Å²) in [5.41, 5.74) is 0.635. The van der Waals surface area contributed by atoms with Gasteiger partial charge >= 0.3 is 0 Å². The van der Waals surface area contributed by atoms with E-state index in [1.807, 2.05) is 11.5 Å². The molecule has 0 aliphatic heterocycles. The van der Waals surface area contributed by atoms with Crippen LogP contribution in [-0.4, -0.2) is 27.2 Å². The summed E-state index contributed by atoms with van der Waals surface area (Å²) < 4.78 is 16.1. The van der Waals surface area contributed by atoms with Gasteiger partial charge in [0.05, 0.1) is 0 Å². The van der Waals surface area contributed by atoms with Crippen LogP contribution in [0, 0.1) is 23.4 Å². The summed E-state index contributed by atoms with van der Waals surface area (Å²) in [5, 5.41) is 9.61. The summed E-state index contributed by atoms with van der Waals surface area (Å²) in [5.74, 6) is 0.397. The van der Waals surface area contributed by atoms with Crippen molar-refractivity contribution in [3.8, 4) is 0 Å². The Kier molecular flexibility index (Phi) is 4.06. The molecule has 7 heteroatoms. The molecule has 1 aliphatic carbocycles. The highest BCUT2D eigenvalue weighted by atomic mass is 32.1. The molecule has 0 bridgehead atoms. The number of nitrogens with zero attached hydrogens (tertiary/aromatic N) is 2. The summed E-state index contributed by atoms with van der Waals surface area (Å²) in [6.45, 7) is 2.90. The molecule has 0 spiro atoms. The Hall–Kier alpha value is -2.02. The summed E-state index contributed by atoms with van der Waals surface area (Å²) in [6.07, 6.45) is 0.705. The van der Waals surface area contributed by atoms with Crippen LogP contribution in [0.15, 0.2) is 24.3 Å². The summed E-state index contributed by atoms with van der Waals surface area (Å²) in [4.78, 5) is 12.1. The van der Waals surface area contributed by atoms with Crippen molar-refractivity contribution >= 4 is 18.1 Å². The first kappa shape index (κ1) is 14.9. The van der Waals surface area contributed by atoms with E-state index in [2.05, 4.69) is 15.5 Å². The molecule has 1 aromatic heterocycles. The number of carbonyl (C=O) groups is 1. The number of halogens is 1. The molecule has 1 saturated carbocycles. The van der Waals surface area contributed by atoms with E-state index in [4.69, 9.17) is 12.2 Å². The van der Waals surface area contributed by atoms with Gasteiger partial charge in [-0.2, -0.15) is 5.10 Å². The molecule has 1 aromatic carbocycles. The predicted octanol–water partition coefficient (Wildman–Crippen LogP) is 2.31. The van der Waals surface area contributed by atoms with Crippen LogP contribution in [0.2, 0.25) is 0 Å². The van der Waals surface area contributed by atoms with E-state index in [1.165, 1.54) is 6.07 Å². The molecule has 0 unspecified atom stereocenters. The minimum atomic E-state index is -0.233. The molecule has 1 amide bonds. The lowest BCUT2D eigenvalue weighted by atomic mass is 10.1. The van der Waals surface area contributed by atoms with Crippen molar-refractivity contribution in [1.82, 2.24) is 20.1 Å². The van der Waals surface area contributed by atoms with Crippen LogP contribution in [0.3, 0.4) is 0 Å². The number of hydrogen-bond acceptors (Lipinski definition) is 3. The van der Waals surface area contributed by atoms with Crippen LogP contribution in [0.1, 0.15) is 23.7 Å². The van der Waals surface area contributed by atoms with Gasteiger partial charge in [-0.1, -0.05) is 18.2 Å². The zero-order chi connectivity index (χ0) is 15.7. The first-order valence-corrected chi connectivity index (χ1v) is 7.62. The fraction of sp³-hybridized carbons (Fsp3) is 0.400. The highest BCUT2D eigenvalue weighted by Gasteiger charge is 2.44. The fourth-order valence-electron chi connectivity index (χ4n) is 2.69. The molecule has 1 fully saturated rings. The number of hydrogen-bond donors (Lipinski definition) is 2. The normalized spacial score (nSPS) is 19.9. The third-order valence-corrected chi connectivity index (χ3v) is 4.33. The number of aromatic amines is 1. The molecular formula is C15H17FN4OS. The van der Waals surface area contributed by atoms with Gasteiger partial charge in [-0.25, -0.2) is 4.39 Å². The third-order valence-electron chi connectivity index (χ3n) is 4.02. The van der Waals surface area contributed by atoms with E-state index >= 15 is 0 Å². The molecule has 2 N–H and O–H groups in total. The van der Waals surface area contributed by atoms with Crippen molar-refractivity contribution in [3.05, 3.63) is 46.2 Å². The standard InChI is InChI=1S/C15H17FN4OS/c1-9-18-19-15(22)20(9)7-6-17-14(21)12-8-11(12)10-4-2-3-5-13(10)16/h2-5,11-12H,6-8H2,1H3,(H,17,21)(H,19,22)/t11-,12+/m0/s1. The number of nitrogens with one attached hydrogen (secondary N) is 2. The van der Waals surface area contributed by atoms with Crippen LogP contribution >= 0.6 is 12.2 Å². The lowest BCUT2D eigenvalue weighted by Gasteiger charge is -2.07. The Labute approximate surface area is 132 Å². The van der Waals surface area contributed by atoms with E-state index in [1.54, 1.807) is 18.2 Å². The Bertz CT molecular complexity index is 754. The molecule has 3 rings (SSSR count). The smallest absolute Gasteiger partial charge is 0.223 e. The average molecular weight is 320 g/mol. The van der Waals surface area contributed by atoms with Crippen molar-refractivity contribution < 1.29 is 9.18 Å². The number of rotatable bonds is 5. The minimum Gasteiger partial charge on any atom is -0.354 e. The molecular weight excluding hydrogens is 303 g/mol. The topological polar surface area (TPSA) is 62.7 Å². The highest BCUT2D eigenvalue weighted by molar-refractivity contribution is 7.71. The van der Waals surface area contributed by atoms with Crippen LogP contribution in [0.4, 0.5) is 4.39 Å². The van der Waals surface area contributed by atoms with Gasteiger partial charge in [0.1, 0.15) is 11.6 Å². The zero-order valence-electron chi connectivity index (χ0n) is 12.2. The van der Waals surface area contributed by atoms with Crippen LogP contribution in [0.25, 0.3) is 0 Å². The zero-order valence-corrected chi connectivity index (χ0v) is 13.0. The summed E-state index contributed by atoms with van der Waals surface area (Å²) >= 11 is 5.10. The molecule has 2 atom stereocenters. The van der Waals surface area contributed by atoms with Crippen LogP contribution in [-0.2, 0) is 11.3 Å². The quantitative estimate of drug-likeness (QED) is 0.831. The number of H-pyrrole nitrogens is 1. The average Bonchev–Trinajstić information content (AvgIpc) is 3.23. The van der Waals surface area contributed by atoms with Crippen LogP contribution < -0.4 is 5.32 Å². The number of amides is 1. The van der Waals surface area contributed by atoms with Crippen molar-refractivity contribution in [2.24, 2.45) is 5.92 Å². The van der Waals surface area contributed by atoms with Crippen molar-refractivity contribution in [2.75, 3.05) is 6.54 Å². The molecule has 1 heterocycles. The highest BCUT2D eigenvalue weighted by Crippen LogP contribution is 2.48. The maximum absolute atomic E-state index is 13.7. The van der Waals surface area contributed by atoms with Gasteiger partial charge in [0.2, 0.25) is 5.91 Å². The lowest BCUT2D eigenvalue weighted by molar-refractivity contribution is -0.122.